The zero-order valence-electron chi connectivity index (χ0n) is 15.7. The number of nitrogens with two attached hydrogens (primary N) is 1. The van der Waals surface area contributed by atoms with Crippen molar-refractivity contribution in [2.24, 2.45) is 19.2 Å². The summed E-state index contributed by atoms with van der Waals surface area (Å²) in [6.45, 7) is 1.62. The molecule has 1 amide bonds. The van der Waals surface area contributed by atoms with Crippen LogP contribution in [0.3, 0.4) is 0 Å². The summed E-state index contributed by atoms with van der Waals surface area (Å²) in [5.41, 5.74) is -0.403. The molecular formula is C16H18N6O5S2. The summed E-state index contributed by atoms with van der Waals surface area (Å²) in [4.78, 5) is 43.6. The Morgan fingerprint density at radius 3 is 2.62 bits per heavy atom. The van der Waals surface area contributed by atoms with E-state index in [9.17, 15) is 22.8 Å². The number of aromatic amines is 1. The molecule has 0 aliphatic heterocycles. The Balaban J connectivity index is 1.82. The number of imidazole rings is 1. The number of H-pyrrole nitrogens is 1. The second-order valence-corrected chi connectivity index (χ2v) is 9.16. The number of hydrogen-bond donors (Lipinski definition) is 3. The lowest BCUT2D eigenvalue weighted by molar-refractivity contribution is -0.115. The molecule has 0 saturated heterocycles. The fourth-order valence-corrected chi connectivity index (χ4v) is 3.94. The van der Waals surface area contributed by atoms with Crippen LogP contribution in [-0.2, 0) is 28.9 Å². The van der Waals surface area contributed by atoms with Crippen molar-refractivity contribution >= 4 is 44.5 Å². The molecule has 0 aliphatic carbocycles. The van der Waals surface area contributed by atoms with E-state index in [1.807, 2.05) is 0 Å². The number of hydrogen-bond acceptors (Lipinski definition) is 7. The SMILES string of the molecule is C[C@@H](Sc1nc2c([nH]1)c(=O)n(C)c(=O)n2C)C(=O)Nc1cccc(S(N)(=O)=O)c1. The number of fused-ring (bicyclic) bond motifs is 1. The molecule has 0 spiro atoms. The van der Waals surface area contributed by atoms with Gasteiger partial charge in [-0.05, 0) is 25.1 Å². The van der Waals surface area contributed by atoms with Crippen molar-refractivity contribution in [3.8, 4) is 0 Å². The highest BCUT2D eigenvalue weighted by molar-refractivity contribution is 8.00. The van der Waals surface area contributed by atoms with Crippen LogP contribution in [0.25, 0.3) is 11.2 Å². The molecule has 1 aromatic carbocycles. The highest BCUT2D eigenvalue weighted by Crippen LogP contribution is 2.23. The lowest BCUT2D eigenvalue weighted by Gasteiger charge is -2.11. The van der Waals surface area contributed by atoms with Crippen LogP contribution in [0.5, 0.6) is 0 Å². The lowest BCUT2D eigenvalue weighted by atomic mass is 10.3. The van der Waals surface area contributed by atoms with Crippen LogP contribution < -0.4 is 21.7 Å². The Hall–Kier alpha value is -2.90. The zero-order valence-corrected chi connectivity index (χ0v) is 17.3. The first-order valence-electron chi connectivity index (χ1n) is 8.25. The molecule has 2 heterocycles. The van der Waals surface area contributed by atoms with Gasteiger partial charge in [0.1, 0.15) is 0 Å². The van der Waals surface area contributed by atoms with Crippen LogP contribution in [0, 0.1) is 0 Å². The topological polar surface area (TPSA) is 162 Å². The van der Waals surface area contributed by atoms with Crippen molar-refractivity contribution in [1.82, 2.24) is 19.1 Å². The van der Waals surface area contributed by atoms with Crippen LogP contribution in [0.1, 0.15) is 6.92 Å². The van der Waals surface area contributed by atoms with Gasteiger partial charge in [0.05, 0.1) is 10.1 Å². The molecule has 11 nitrogen and oxygen atoms in total. The maximum absolute atomic E-state index is 12.5. The number of nitrogens with zero attached hydrogens (tertiary/aromatic N) is 3. The van der Waals surface area contributed by atoms with Crippen molar-refractivity contribution < 1.29 is 13.2 Å². The first-order chi connectivity index (χ1) is 13.5. The molecule has 13 heteroatoms. The standard InChI is InChI=1S/C16H18N6O5S2/c1-8(13(23)18-9-5-4-6-10(7-9)29(17,26)27)28-15-19-11-12(20-15)21(2)16(25)22(3)14(11)24/h4-8H,1-3H3,(H,18,23)(H,19,20)(H2,17,26,27)/t8-/m1/s1. The van der Waals surface area contributed by atoms with E-state index in [1.165, 1.54) is 42.9 Å². The van der Waals surface area contributed by atoms with Crippen molar-refractivity contribution in [2.75, 3.05) is 5.32 Å². The molecule has 1 atom stereocenters. The van der Waals surface area contributed by atoms with Gasteiger partial charge in [-0.2, -0.15) is 0 Å². The molecule has 0 bridgehead atoms. The normalized spacial score (nSPS) is 12.8. The van der Waals surface area contributed by atoms with E-state index in [4.69, 9.17) is 5.14 Å². The molecule has 154 valence electrons. The van der Waals surface area contributed by atoms with Gasteiger partial charge in [0.25, 0.3) is 5.56 Å². The third kappa shape index (κ3) is 4.11. The Kier molecular flexibility index (Phi) is 5.38. The third-order valence-electron chi connectivity index (χ3n) is 4.16. The van der Waals surface area contributed by atoms with Gasteiger partial charge in [0.15, 0.2) is 16.3 Å². The second kappa shape index (κ2) is 7.50. The van der Waals surface area contributed by atoms with Gasteiger partial charge < -0.3 is 10.3 Å². The summed E-state index contributed by atoms with van der Waals surface area (Å²) in [5, 5.41) is 7.35. The number of aromatic nitrogens is 4. The molecular weight excluding hydrogens is 420 g/mol. The maximum atomic E-state index is 12.5. The van der Waals surface area contributed by atoms with Gasteiger partial charge in [-0.1, -0.05) is 17.8 Å². The fraction of sp³-hybridized carbons (Fsp3) is 0.250. The molecule has 0 radical (unpaired) electrons. The fourth-order valence-electron chi connectivity index (χ4n) is 2.58. The molecule has 4 N–H and O–H groups in total. The van der Waals surface area contributed by atoms with E-state index in [2.05, 4.69) is 15.3 Å². The number of anilines is 1. The average molecular weight is 438 g/mol. The number of amides is 1. The van der Waals surface area contributed by atoms with Crippen molar-refractivity contribution in [1.29, 1.82) is 0 Å². The molecule has 2 aromatic heterocycles. The summed E-state index contributed by atoms with van der Waals surface area (Å²) < 4.78 is 25.1. The predicted molar refractivity (Wildman–Crippen MR) is 108 cm³/mol. The Bertz CT molecular complexity index is 1340. The van der Waals surface area contributed by atoms with Crippen LogP contribution in [0.15, 0.2) is 43.9 Å². The van der Waals surface area contributed by atoms with Gasteiger partial charge >= 0.3 is 5.69 Å². The number of primary sulfonamides is 1. The van der Waals surface area contributed by atoms with Crippen molar-refractivity contribution in [3.05, 3.63) is 45.1 Å². The van der Waals surface area contributed by atoms with Crippen LogP contribution in [-0.4, -0.2) is 38.7 Å². The van der Waals surface area contributed by atoms with Gasteiger partial charge in [0, 0.05) is 19.8 Å². The first kappa shape index (κ1) is 20.8. The molecule has 0 aliphatic rings. The van der Waals surface area contributed by atoms with E-state index >= 15 is 0 Å². The number of nitrogens with one attached hydrogen (secondary N) is 2. The smallest absolute Gasteiger partial charge is 0.327 e. The quantitative estimate of drug-likeness (QED) is 0.462. The van der Waals surface area contributed by atoms with Crippen LogP contribution in [0.2, 0.25) is 0 Å². The van der Waals surface area contributed by atoms with Gasteiger partial charge in [-0.3, -0.25) is 18.7 Å². The van der Waals surface area contributed by atoms with E-state index < -0.39 is 32.4 Å². The average Bonchev–Trinajstić information content (AvgIpc) is 3.08. The van der Waals surface area contributed by atoms with Crippen molar-refractivity contribution in [2.45, 2.75) is 22.2 Å². The summed E-state index contributed by atoms with van der Waals surface area (Å²) in [6, 6.07) is 5.57. The molecule has 3 rings (SSSR count). The first-order valence-corrected chi connectivity index (χ1v) is 10.7. The highest BCUT2D eigenvalue weighted by Gasteiger charge is 2.20. The summed E-state index contributed by atoms with van der Waals surface area (Å²) >= 11 is 1.05. The number of carbonyl (C=O) groups excluding carboxylic acids is 1. The van der Waals surface area contributed by atoms with E-state index in [1.54, 1.807) is 6.92 Å². The number of rotatable bonds is 5. The summed E-state index contributed by atoms with van der Waals surface area (Å²) in [5.74, 6) is -0.413. The molecule has 0 unspecified atom stereocenters. The molecule has 0 saturated carbocycles. The molecule has 3 aromatic rings. The minimum atomic E-state index is -3.89. The van der Waals surface area contributed by atoms with Gasteiger partial charge in [-0.25, -0.2) is 23.3 Å². The Morgan fingerprint density at radius 1 is 1.28 bits per heavy atom. The van der Waals surface area contributed by atoms with Gasteiger partial charge in [0.2, 0.25) is 15.9 Å². The number of thioether (sulfide) groups is 1. The predicted octanol–water partition coefficient (Wildman–Crippen LogP) is -0.273. The van der Waals surface area contributed by atoms with Crippen molar-refractivity contribution in [3.63, 3.8) is 0 Å². The minimum Gasteiger partial charge on any atom is -0.327 e. The Morgan fingerprint density at radius 2 is 1.97 bits per heavy atom. The lowest BCUT2D eigenvalue weighted by Crippen LogP contribution is -2.36. The largest absolute Gasteiger partial charge is 0.332 e. The number of benzene rings is 1. The zero-order chi connectivity index (χ0) is 21.5. The number of aryl methyl sites for hydroxylation is 1. The molecule has 29 heavy (non-hydrogen) atoms. The third-order valence-corrected chi connectivity index (χ3v) is 6.06. The molecule has 0 fully saturated rings. The number of sulfonamides is 1. The van der Waals surface area contributed by atoms with E-state index in [-0.39, 0.29) is 21.7 Å². The minimum absolute atomic E-state index is 0.121. The summed E-state index contributed by atoms with van der Waals surface area (Å²) in [6.07, 6.45) is 0. The maximum Gasteiger partial charge on any atom is 0.332 e. The highest BCUT2D eigenvalue weighted by atomic mass is 32.2. The Labute approximate surface area is 169 Å². The monoisotopic (exact) mass is 438 g/mol. The van der Waals surface area contributed by atoms with Crippen LogP contribution >= 0.6 is 11.8 Å². The van der Waals surface area contributed by atoms with Crippen LogP contribution in [0.4, 0.5) is 5.69 Å². The second-order valence-electron chi connectivity index (χ2n) is 6.27. The number of carbonyl (C=O) groups is 1. The van der Waals surface area contributed by atoms with Gasteiger partial charge in [-0.15, -0.1) is 0 Å². The van der Waals surface area contributed by atoms with E-state index in [0.29, 0.717) is 5.16 Å². The van der Waals surface area contributed by atoms with E-state index in [0.717, 1.165) is 16.3 Å². The summed E-state index contributed by atoms with van der Waals surface area (Å²) in [7, 11) is -1.03.